The van der Waals surface area contributed by atoms with Crippen LogP contribution >= 0.6 is 11.8 Å². The molecule has 74 valence electrons. The summed E-state index contributed by atoms with van der Waals surface area (Å²) >= 11 is 1.98. The number of unbranched alkanes of at least 4 members (excludes halogenated alkanes) is 1. The molecule has 0 bridgehead atoms. The van der Waals surface area contributed by atoms with Crippen LogP contribution < -0.4 is 0 Å². The highest BCUT2D eigenvalue weighted by molar-refractivity contribution is 7.98. The Morgan fingerprint density at radius 3 is 2.25 bits per heavy atom. The third-order valence-corrected chi connectivity index (χ3v) is 3.21. The van der Waals surface area contributed by atoms with Gasteiger partial charge in [-0.15, -0.1) is 0 Å². The van der Waals surface area contributed by atoms with Crippen LogP contribution in [0.5, 0.6) is 0 Å². The molecule has 0 fully saturated rings. The number of hydrogen-bond donors (Lipinski definition) is 0. The molecule has 0 aliphatic rings. The fourth-order valence-corrected chi connectivity index (χ4v) is 2.08. The van der Waals surface area contributed by atoms with E-state index < -0.39 is 0 Å². The lowest BCUT2D eigenvalue weighted by Gasteiger charge is -2.19. The van der Waals surface area contributed by atoms with E-state index >= 15 is 0 Å². The van der Waals surface area contributed by atoms with Crippen molar-refractivity contribution >= 4 is 11.8 Å². The Morgan fingerprint density at radius 2 is 1.83 bits per heavy atom. The molecule has 0 aromatic heterocycles. The normalized spacial score (nSPS) is 13.8. The van der Waals surface area contributed by atoms with Crippen LogP contribution in [0.3, 0.4) is 0 Å². The molecule has 0 saturated carbocycles. The predicted molar refractivity (Wildman–Crippen MR) is 60.9 cm³/mol. The van der Waals surface area contributed by atoms with Gasteiger partial charge >= 0.3 is 0 Å². The first-order chi connectivity index (χ1) is 5.72. The van der Waals surface area contributed by atoms with Crippen LogP contribution in [-0.4, -0.2) is 12.0 Å². The number of rotatable bonds is 7. The van der Waals surface area contributed by atoms with E-state index in [1.807, 2.05) is 11.8 Å². The Hall–Kier alpha value is 0.350. The Morgan fingerprint density at radius 1 is 1.17 bits per heavy atom. The first kappa shape index (κ1) is 12.3. The Labute approximate surface area is 82.5 Å². The lowest BCUT2D eigenvalue weighted by atomic mass is 9.88. The van der Waals surface area contributed by atoms with Crippen LogP contribution in [-0.2, 0) is 0 Å². The second-order valence-corrected chi connectivity index (χ2v) is 4.91. The topological polar surface area (TPSA) is 0 Å². The number of thioether (sulfide) groups is 1. The quantitative estimate of drug-likeness (QED) is 0.577. The molecule has 0 amide bonds. The molecule has 0 spiro atoms. The van der Waals surface area contributed by atoms with E-state index in [-0.39, 0.29) is 0 Å². The predicted octanol–water partition coefficient (Wildman–Crippen LogP) is 4.20. The van der Waals surface area contributed by atoms with Gasteiger partial charge in [0.05, 0.1) is 0 Å². The van der Waals surface area contributed by atoms with E-state index in [0.29, 0.717) is 0 Å². The molecule has 0 unspecified atom stereocenters. The van der Waals surface area contributed by atoms with Crippen molar-refractivity contribution in [3.8, 4) is 0 Å². The van der Waals surface area contributed by atoms with Crippen molar-refractivity contribution in [2.75, 3.05) is 12.0 Å². The minimum absolute atomic E-state index is 0.878. The lowest BCUT2D eigenvalue weighted by molar-refractivity contribution is 0.342. The highest BCUT2D eigenvalue weighted by atomic mass is 32.2. The van der Waals surface area contributed by atoms with E-state index in [1.165, 1.54) is 31.4 Å². The van der Waals surface area contributed by atoms with Gasteiger partial charge in [-0.2, -0.15) is 11.8 Å². The fraction of sp³-hybridized carbons (Fsp3) is 1.00. The molecule has 12 heavy (non-hydrogen) atoms. The molecule has 0 aliphatic carbocycles. The average molecular weight is 188 g/mol. The summed E-state index contributed by atoms with van der Waals surface area (Å²) in [6.45, 7) is 7.01. The molecule has 0 nitrogen and oxygen atoms in total. The molecule has 0 radical (unpaired) electrons. The van der Waals surface area contributed by atoms with Gasteiger partial charge in [0, 0.05) is 0 Å². The minimum Gasteiger partial charge on any atom is -0.165 e. The van der Waals surface area contributed by atoms with Crippen LogP contribution in [0.4, 0.5) is 0 Å². The lowest BCUT2D eigenvalue weighted by Crippen LogP contribution is -2.09. The van der Waals surface area contributed by atoms with E-state index in [0.717, 1.165) is 11.8 Å². The van der Waals surface area contributed by atoms with Crippen molar-refractivity contribution in [3.05, 3.63) is 0 Å². The Kier molecular flexibility index (Phi) is 8.20. The highest BCUT2D eigenvalue weighted by Crippen LogP contribution is 2.22. The minimum atomic E-state index is 0.878. The summed E-state index contributed by atoms with van der Waals surface area (Å²) in [4.78, 5) is 0. The second kappa shape index (κ2) is 7.97. The van der Waals surface area contributed by atoms with Gasteiger partial charge in [0.15, 0.2) is 0 Å². The van der Waals surface area contributed by atoms with Gasteiger partial charge in [-0.05, 0) is 30.3 Å². The maximum atomic E-state index is 2.36. The monoisotopic (exact) mass is 188 g/mol. The standard InChI is InChI=1S/C11H24S/c1-5-6-7-11(10(2)3)8-9-12-4/h10-11H,5-9H2,1-4H3/t11-/m0/s1. The Bertz CT molecular complexity index is 81.0. The maximum Gasteiger partial charge on any atom is -0.00676 e. The van der Waals surface area contributed by atoms with Crippen molar-refractivity contribution in [2.45, 2.75) is 46.5 Å². The van der Waals surface area contributed by atoms with Crippen molar-refractivity contribution in [1.29, 1.82) is 0 Å². The smallest absolute Gasteiger partial charge is 0.00676 e. The molecular weight excluding hydrogens is 164 g/mol. The third-order valence-electron chi connectivity index (χ3n) is 2.56. The van der Waals surface area contributed by atoms with E-state index in [4.69, 9.17) is 0 Å². The molecule has 1 heteroatoms. The van der Waals surface area contributed by atoms with Crippen molar-refractivity contribution < 1.29 is 0 Å². The summed E-state index contributed by atoms with van der Waals surface area (Å²) in [6, 6.07) is 0. The van der Waals surface area contributed by atoms with Gasteiger partial charge in [-0.3, -0.25) is 0 Å². The summed E-state index contributed by atoms with van der Waals surface area (Å²) in [5.74, 6) is 3.19. The van der Waals surface area contributed by atoms with Crippen molar-refractivity contribution in [1.82, 2.24) is 0 Å². The van der Waals surface area contributed by atoms with Crippen LogP contribution in [0.1, 0.15) is 46.5 Å². The molecule has 1 atom stereocenters. The van der Waals surface area contributed by atoms with E-state index in [9.17, 15) is 0 Å². The van der Waals surface area contributed by atoms with Gasteiger partial charge < -0.3 is 0 Å². The first-order valence-corrected chi connectivity index (χ1v) is 6.60. The number of hydrogen-bond acceptors (Lipinski definition) is 1. The zero-order valence-electron chi connectivity index (χ0n) is 9.10. The third kappa shape index (κ3) is 5.93. The van der Waals surface area contributed by atoms with Crippen LogP contribution in [0.2, 0.25) is 0 Å². The molecule has 0 aromatic rings. The highest BCUT2D eigenvalue weighted by Gasteiger charge is 2.11. The molecule has 0 heterocycles. The average Bonchev–Trinajstić information content (AvgIpc) is 2.04. The SMILES string of the molecule is CCCC[C@@H](CCSC)C(C)C. The summed E-state index contributed by atoms with van der Waals surface area (Å²) in [5.41, 5.74) is 0. The maximum absolute atomic E-state index is 2.36. The van der Waals surface area contributed by atoms with Gasteiger partial charge in [0.2, 0.25) is 0 Å². The van der Waals surface area contributed by atoms with Crippen LogP contribution in [0.15, 0.2) is 0 Å². The second-order valence-electron chi connectivity index (χ2n) is 3.93. The van der Waals surface area contributed by atoms with Gasteiger partial charge in [-0.25, -0.2) is 0 Å². The Balaban J connectivity index is 3.55. The molecule has 0 saturated heterocycles. The van der Waals surface area contributed by atoms with Gasteiger partial charge in [0.25, 0.3) is 0 Å². The largest absolute Gasteiger partial charge is 0.165 e. The fourth-order valence-electron chi connectivity index (χ4n) is 1.55. The van der Waals surface area contributed by atoms with Crippen molar-refractivity contribution in [3.63, 3.8) is 0 Å². The first-order valence-electron chi connectivity index (χ1n) is 5.21. The zero-order chi connectivity index (χ0) is 9.40. The van der Waals surface area contributed by atoms with Crippen molar-refractivity contribution in [2.24, 2.45) is 11.8 Å². The zero-order valence-corrected chi connectivity index (χ0v) is 9.91. The molecule has 0 aliphatic heterocycles. The van der Waals surface area contributed by atoms with E-state index in [2.05, 4.69) is 27.0 Å². The summed E-state index contributed by atoms with van der Waals surface area (Å²) in [7, 11) is 0. The van der Waals surface area contributed by atoms with Crippen LogP contribution in [0.25, 0.3) is 0 Å². The summed E-state index contributed by atoms with van der Waals surface area (Å²) < 4.78 is 0. The van der Waals surface area contributed by atoms with Crippen LogP contribution in [0, 0.1) is 11.8 Å². The summed E-state index contributed by atoms with van der Waals surface area (Å²) in [6.07, 6.45) is 7.82. The molecule has 0 N–H and O–H groups in total. The van der Waals surface area contributed by atoms with Gasteiger partial charge in [-0.1, -0.05) is 40.0 Å². The molecular formula is C11H24S. The summed E-state index contributed by atoms with van der Waals surface area (Å²) in [5, 5.41) is 0. The van der Waals surface area contributed by atoms with Gasteiger partial charge in [0.1, 0.15) is 0 Å². The molecule has 0 rings (SSSR count). The van der Waals surface area contributed by atoms with E-state index in [1.54, 1.807) is 0 Å². The molecule has 0 aromatic carbocycles.